The highest BCUT2D eigenvalue weighted by atomic mass is 32.2. The van der Waals surface area contributed by atoms with Crippen molar-refractivity contribution >= 4 is 11.8 Å². The first-order chi connectivity index (χ1) is 8.18. The fourth-order valence-electron chi connectivity index (χ4n) is 2.43. The molecule has 0 aliphatic heterocycles. The first kappa shape index (κ1) is 12.9. The number of aliphatic hydroxyl groups is 1. The van der Waals surface area contributed by atoms with Crippen LogP contribution in [0.2, 0.25) is 0 Å². The van der Waals surface area contributed by atoms with Gasteiger partial charge in [0.2, 0.25) is 0 Å². The first-order valence-electron chi connectivity index (χ1n) is 6.42. The lowest BCUT2D eigenvalue weighted by Gasteiger charge is -2.28. The molecule has 2 nitrogen and oxygen atoms in total. The standard InChI is InChI=1S/C14H21NOS/c1-10(2)17-9-13(16)12-7-3-5-11-6-4-8-15-14(11)12/h4,6,8,10,12-13,16H,3,5,7,9H2,1-2H3. The van der Waals surface area contributed by atoms with Crippen LogP contribution in [0.4, 0.5) is 0 Å². The van der Waals surface area contributed by atoms with Crippen molar-refractivity contribution in [3.8, 4) is 0 Å². The second-order valence-electron chi connectivity index (χ2n) is 5.00. The number of rotatable bonds is 4. The van der Waals surface area contributed by atoms with Crippen molar-refractivity contribution in [2.45, 2.75) is 50.4 Å². The average Bonchev–Trinajstić information content (AvgIpc) is 2.35. The van der Waals surface area contributed by atoms with E-state index >= 15 is 0 Å². The summed E-state index contributed by atoms with van der Waals surface area (Å²) < 4.78 is 0. The van der Waals surface area contributed by atoms with Crippen LogP contribution in [0.15, 0.2) is 18.3 Å². The maximum atomic E-state index is 10.3. The van der Waals surface area contributed by atoms with Gasteiger partial charge in [0.05, 0.1) is 6.10 Å². The van der Waals surface area contributed by atoms with E-state index in [0.29, 0.717) is 5.25 Å². The van der Waals surface area contributed by atoms with E-state index in [1.54, 1.807) is 0 Å². The number of fused-ring (bicyclic) bond motifs is 1. The summed E-state index contributed by atoms with van der Waals surface area (Å²) in [4.78, 5) is 4.48. The molecule has 1 aromatic rings. The number of nitrogens with zero attached hydrogens (tertiary/aromatic N) is 1. The lowest BCUT2D eigenvalue weighted by molar-refractivity contribution is 0.155. The molecule has 1 N–H and O–H groups in total. The van der Waals surface area contributed by atoms with Gasteiger partial charge in [-0.05, 0) is 36.1 Å². The Morgan fingerprint density at radius 2 is 2.35 bits per heavy atom. The Balaban J connectivity index is 2.07. The summed E-state index contributed by atoms with van der Waals surface area (Å²) in [6.07, 6.45) is 4.95. The summed E-state index contributed by atoms with van der Waals surface area (Å²) >= 11 is 1.83. The van der Waals surface area contributed by atoms with Gasteiger partial charge in [-0.1, -0.05) is 19.9 Å². The highest BCUT2D eigenvalue weighted by molar-refractivity contribution is 7.99. The van der Waals surface area contributed by atoms with Gasteiger partial charge in [-0.3, -0.25) is 4.98 Å². The Morgan fingerprint density at radius 3 is 3.12 bits per heavy atom. The fraction of sp³-hybridized carbons (Fsp3) is 0.643. The quantitative estimate of drug-likeness (QED) is 0.893. The SMILES string of the molecule is CC(C)SCC(O)C1CCCc2cccnc21. The maximum Gasteiger partial charge on any atom is 0.0714 e. The molecule has 2 atom stereocenters. The van der Waals surface area contributed by atoms with Crippen LogP contribution in [-0.2, 0) is 6.42 Å². The van der Waals surface area contributed by atoms with Crippen LogP contribution in [0.25, 0.3) is 0 Å². The van der Waals surface area contributed by atoms with E-state index in [1.165, 1.54) is 12.0 Å². The largest absolute Gasteiger partial charge is 0.392 e. The molecule has 0 fully saturated rings. The van der Waals surface area contributed by atoms with Crippen LogP contribution < -0.4 is 0 Å². The summed E-state index contributed by atoms with van der Waals surface area (Å²) in [5.74, 6) is 1.06. The Labute approximate surface area is 108 Å². The van der Waals surface area contributed by atoms with E-state index in [9.17, 15) is 5.11 Å². The Morgan fingerprint density at radius 1 is 1.53 bits per heavy atom. The van der Waals surface area contributed by atoms with Gasteiger partial charge in [0.1, 0.15) is 0 Å². The smallest absolute Gasteiger partial charge is 0.0714 e. The monoisotopic (exact) mass is 251 g/mol. The molecule has 0 aromatic carbocycles. The lowest BCUT2D eigenvalue weighted by Crippen LogP contribution is -2.26. The van der Waals surface area contributed by atoms with Crippen LogP contribution in [-0.4, -0.2) is 27.2 Å². The van der Waals surface area contributed by atoms with Crippen LogP contribution >= 0.6 is 11.8 Å². The Bertz CT molecular complexity index is 367. The van der Waals surface area contributed by atoms with Crippen LogP contribution in [0.5, 0.6) is 0 Å². The van der Waals surface area contributed by atoms with Crippen molar-refractivity contribution in [1.82, 2.24) is 4.98 Å². The van der Waals surface area contributed by atoms with Gasteiger partial charge in [0, 0.05) is 23.6 Å². The molecule has 17 heavy (non-hydrogen) atoms. The van der Waals surface area contributed by atoms with Crippen molar-refractivity contribution in [1.29, 1.82) is 0 Å². The number of thioether (sulfide) groups is 1. The first-order valence-corrected chi connectivity index (χ1v) is 7.47. The van der Waals surface area contributed by atoms with E-state index in [-0.39, 0.29) is 12.0 Å². The molecule has 2 rings (SSSR count). The molecule has 0 amide bonds. The van der Waals surface area contributed by atoms with Crippen molar-refractivity contribution < 1.29 is 5.11 Å². The number of hydrogen-bond acceptors (Lipinski definition) is 3. The highest BCUT2D eigenvalue weighted by Gasteiger charge is 2.27. The minimum Gasteiger partial charge on any atom is -0.392 e. The Hall–Kier alpha value is -0.540. The molecular weight excluding hydrogens is 230 g/mol. The molecular formula is C14H21NOS. The van der Waals surface area contributed by atoms with Gasteiger partial charge in [0.15, 0.2) is 0 Å². The molecule has 0 bridgehead atoms. The molecule has 1 heterocycles. The number of hydrogen-bond donors (Lipinski definition) is 1. The van der Waals surface area contributed by atoms with E-state index in [2.05, 4.69) is 24.9 Å². The number of aromatic nitrogens is 1. The molecule has 3 heteroatoms. The van der Waals surface area contributed by atoms with Gasteiger partial charge in [-0.25, -0.2) is 0 Å². The van der Waals surface area contributed by atoms with Gasteiger partial charge in [0.25, 0.3) is 0 Å². The minimum absolute atomic E-state index is 0.242. The zero-order chi connectivity index (χ0) is 12.3. The predicted molar refractivity (Wildman–Crippen MR) is 73.5 cm³/mol. The van der Waals surface area contributed by atoms with Crippen LogP contribution in [0, 0.1) is 0 Å². The van der Waals surface area contributed by atoms with Gasteiger partial charge in [-0.15, -0.1) is 0 Å². The Kier molecular flexibility index (Phi) is 4.46. The molecule has 0 radical (unpaired) electrons. The van der Waals surface area contributed by atoms with E-state index in [0.717, 1.165) is 24.3 Å². The summed E-state index contributed by atoms with van der Waals surface area (Å²) in [6, 6.07) is 4.15. The molecule has 1 aromatic heterocycles. The van der Waals surface area contributed by atoms with Crippen molar-refractivity contribution in [3.05, 3.63) is 29.6 Å². The van der Waals surface area contributed by atoms with Gasteiger partial charge >= 0.3 is 0 Å². The summed E-state index contributed by atoms with van der Waals surface area (Å²) in [7, 11) is 0. The predicted octanol–water partition coefficient (Wildman–Crippen LogP) is 3.00. The molecule has 0 saturated carbocycles. The number of pyridine rings is 1. The zero-order valence-electron chi connectivity index (χ0n) is 10.6. The van der Waals surface area contributed by atoms with Crippen molar-refractivity contribution in [3.63, 3.8) is 0 Å². The molecule has 94 valence electrons. The third kappa shape index (κ3) is 3.23. The lowest BCUT2D eigenvalue weighted by atomic mass is 9.84. The number of aliphatic hydroxyl groups excluding tert-OH is 1. The van der Waals surface area contributed by atoms with E-state index < -0.39 is 0 Å². The topological polar surface area (TPSA) is 33.1 Å². The van der Waals surface area contributed by atoms with E-state index in [1.807, 2.05) is 24.0 Å². The average molecular weight is 251 g/mol. The second kappa shape index (κ2) is 5.87. The van der Waals surface area contributed by atoms with Crippen LogP contribution in [0.1, 0.15) is 43.9 Å². The summed E-state index contributed by atoms with van der Waals surface area (Å²) in [6.45, 7) is 4.34. The normalized spacial score (nSPS) is 21.3. The highest BCUT2D eigenvalue weighted by Crippen LogP contribution is 2.33. The summed E-state index contributed by atoms with van der Waals surface area (Å²) in [5, 5.41) is 10.9. The third-order valence-corrected chi connectivity index (χ3v) is 4.50. The summed E-state index contributed by atoms with van der Waals surface area (Å²) in [5.41, 5.74) is 2.47. The van der Waals surface area contributed by atoms with E-state index in [4.69, 9.17) is 0 Å². The fourth-order valence-corrected chi connectivity index (χ4v) is 3.24. The van der Waals surface area contributed by atoms with Crippen LogP contribution in [0.3, 0.4) is 0 Å². The maximum absolute atomic E-state index is 10.3. The molecule has 0 saturated heterocycles. The van der Waals surface area contributed by atoms with Crippen molar-refractivity contribution in [2.75, 3.05) is 5.75 Å². The number of aryl methyl sites for hydroxylation is 1. The molecule has 2 unspecified atom stereocenters. The van der Waals surface area contributed by atoms with Crippen molar-refractivity contribution in [2.24, 2.45) is 0 Å². The molecule has 0 spiro atoms. The zero-order valence-corrected chi connectivity index (χ0v) is 11.4. The second-order valence-corrected chi connectivity index (χ2v) is 6.61. The molecule has 1 aliphatic carbocycles. The van der Waals surface area contributed by atoms with Gasteiger partial charge in [-0.2, -0.15) is 11.8 Å². The minimum atomic E-state index is -0.253. The molecule has 1 aliphatic rings. The third-order valence-electron chi connectivity index (χ3n) is 3.30. The van der Waals surface area contributed by atoms with Gasteiger partial charge < -0.3 is 5.11 Å².